The fourth-order valence-electron chi connectivity index (χ4n) is 1.95. The van der Waals surface area contributed by atoms with Crippen molar-refractivity contribution < 1.29 is 14.8 Å². The normalized spacial score (nSPS) is 16.3. The summed E-state index contributed by atoms with van der Waals surface area (Å²) in [5.74, 6) is -0.627. The van der Waals surface area contributed by atoms with Crippen molar-refractivity contribution >= 4 is 23.3 Å². The van der Waals surface area contributed by atoms with E-state index in [4.69, 9.17) is 10.9 Å². The Hall–Kier alpha value is -2.57. The average molecular weight is 276 g/mol. The van der Waals surface area contributed by atoms with Gasteiger partial charge in [0, 0.05) is 25.2 Å². The van der Waals surface area contributed by atoms with Gasteiger partial charge in [-0.1, -0.05) is 12.1 Å². The maximum Gasteiger partial charge on any atom is 0.261 e. The number of amides is 2. The lowest BCUT2D eigenvalue weighted by Crippen LogP contribution is -2.27. The number of fused-ring (bicyclic) bond motifs is 1. The highest BCUT2D eigenvalue weighted by Crippen LogP contribution is 2.24. The van der Waals surface area contributed by atoms with E-state index in [2.05, 4.69) is 10.5 Å². The lowest BCUT2D eigenvalue weighted by atomic mass is 10.1. The zero-order valence-electron chi connectivity index (χ0n) is 11.3. The van der Waals surface area contributed by atoms with Gasteiger partial charge in [0.2, 0.25) is 0 Å². The molecule has 0 saturated heterocycles. The first-order valence-electron chi connectivity index (χ1n) is 6.13. The topological polar surface area (TPSA) is 108 Å². The molecule has 1 aromatic carbocycles. The fourth-order valence-corrected chi connectivity index (χ4v) is 1.95. The summed E-state index contributed by atoms with van der Waals surface area (Å²) >= 11 is 0. The lowest BCUT2D eigenvalue weighted by molar-refractivity contribution is 0.0693. The molecule has 0 fully saturated rings. The number of carbonyl (C=O) groups excluding carboxylic acids is 2. The molecule has 1 aliphatic rings. The number of carbonyl (C=O) groups is 2. The van der Waals surface area contributed by atoms with Crippen molar-refractivity contribution in [3.05, 3.63) is 29.3 Å². The van der Waals surface area contributed by atoms with Gasteiger partial charge < -0.3 is 16.3 Å². The Balaban J connectivity index is 2.14. The molecular weight excluding hydrogens is 260 g/mol. The summed E-state index contributed by atoms with van der Waals surface area (Å²) in [5, 5.41) is 14.6. The van der Waals surface area contributed by atoms with E-state index in [0.29, 0.717) is 23.4 Å². The first-order valence-corrected chi connectivity index (χ1v) is 6.13. The molecule has 1 aromatic rings. The Morgan fingerprint density at radius 1 is 1.40 bits per heavy atom. The summed E-state index contributed by atoms with van der Waals surface area (Å²) < 4.78 is 0. The summed E-state index contributed by atoms with van der Waals surface area (Å²) in [7, 11) is 1.46. The van der Waals surface area contributed by atoms with Crippen molar-refractivity contribution in [2.75, 3.05) is 18.9 Å². The van der Waals surface area contributed by atoms with Gasteiger partial charge in [0.1, 0.15) is 5.84 Å². The van der Waals surface area contributed by atoms with Gasteiger partial charge in [-0.3, -0.25) is 14.5 Å². The molecule has 0 aliphatic carbocycles. The predicted octanol–water partition coefficient (Wildman–Crippen LogP) is 0.707. The first-order chi connectivity index (χ1) is 9.45. The molecule has 1 aliphatic heterocycles. The molecule has 2 amide bonds. The summed E-state index contributed by atoms with van der Waals surface area (Å²) in [6.07, 6.45) is 0. The molecule has 20 heavy (non-hydrogen) atoms. The highest BCUT2D eigenvalue weighted by atomic mass is 16.4. The largest absolute Gasteiger partial charge is 0.409 e. The van der Waals surface area contributed by atoms with Crippen LogP contribution in [0.4, 0.5) is 5.69 Å². The number of hydrogen-bond donors (Lipinski definition) is 3. The second-order valence-corrected chi connectivity index (χ2v) is 4.74. The second kappa shape index (κ2) is 5.20. The van der Waals surface area contributed by atoms with Crippen molar-refractivity contribution in [1.29, 1.82) is 0 Å². The Labute approximate surface area is 116 Å². The van der Waals surface area contributed by atoms with Crippen molar-refractivity contribution in [2.45, 2.75) is 6.92 Å². The van der Waals surface area contributed by atoms with Crippen LogP contribution < -0.4 is 11.1 Å². The van der Waals surface area contributed by atoms with Crippen molar-refractivity contribution in [2.24, 2.45) is 16.8 Å². The average Bonchev–Trinajstić information content (AvgIpc) is 2.68. The number of nitrogens with two attached hydrogens (primary N) is 1. The van der Waals surface area contributed by atoms with Crippen LogP contribution in [0, 0.1) is 5.92 Å². The minimum atomic E-state index is -0.307. The summed E-state index contributed by atoms with van der Waals surface area (Å²) in [5.41, 5.74) is 6.99. The van der Waals surface area contributed by atoms with E-state index >= 15 is 0 Å². The molecule has 0 aromatic heterocycles. The third-order valence-electron chi connectivity index (χ3n) is 3.32. The van der Waals surface area contributed by atoms with Crippen LogP contribution in [-0.4, -0.2) is 41.3 Å². The number of hydrogen-bond acceptors (Lipinski definition) is 5. The number of anilines is 1. The maximum atomic E-state index is 11.9. The van der Waals surface area contributed by atoms with Crippen molar-refractivity contribution in [1.82, 2.24) is 4.90 Å². The minimum Gasteiger partial charge on any atom is -0.409 e. The zero-order chi connectivity index (χ0) is 14.9. The highest BCUT2D eigenvalue weighted by molar-refractivity contribution is 6.21. The molecular formula is C13H16N4O3. The van der Waals surface area contributed by atoms with Gasteiger partial charge >= 0.3 is 0 Å². The van der Waals surface area contributed by atoms with E-state index in [9.17, 15) is 9.59 Å². The highest BCUT2D eigenvalue weighted by Gasteiger charge is 2.32. The second-order valence-electron chi connectivity index (χ2n) is 4.74. The van der Waals surface area contributed by atoms with Crippen LogP contribution in [0.1, 0.15) is 27.6 Å². The van der Waals surface area contributed by atoms with Crippen LogP contribution in [0.2, 0.25) is 0 Å². The van der Waals surface area contributed by atoms with E-state index in [1.54, 1.807) is 25.1 Å². The molecule has 0 saturated carbocycles. The molecule has 7 heteroatoms. The number of oxime groups is 1. The Bertz CT molecular complexity index is 597. The van der Waals surface area contributed by atoms with Gasteiger partial charge in [-0.05, 0) is 18.2 Å². The number of imide groups is 1. The quantitative estimate of drug-likeness (QED) is 0.247. The van der Waals surface area contributed by atoms with Gasteiger partial charge in [0.05, 0.1) is 11.1 Å². The van der Waals surface area contributed by atoms with Crippen LogP contribution >= 0.6 is 0 Å². The third-order valence-corrected chi connectivity index (χ3v) is 3.32. The van der Waals surface area contributed by atoms with E-state index in [1.807, 2.05) is 0 Å². The monoisotopic (exact) mass is 276 g/mol. The standard InChI is InChI=1S/C13H16N4O3/c1-7(11(14)16-20)6-15-8-3-4-9-10(5-8)13(19)17(2)12(9)18/h3-5,7,15,20H,6H2,1-2H3,(H2,14,16). The van der Waals surface area contributed by atoms with Crippen LogP contribution in [0.3, 0.4) is 0 Å². The fraction of sp³-hybridized carbons (Fsp3) is 0.308. The number of nitrogens with zero attached hydrogens (tertiary/aromatic N) is 2. The molecule has 0 bridgehead atoms. The molecule has 0 radical (unpaired) electrons. The minimum absolute atomic E-state index is 0.129. The Morgan fingerprint density at radius 2 is 2.05 bits per heavy atom. The number of rotatable bonds is 4. The first kappa shape index (κ1) is 13.9. The molecule has 4 N–H and O–H groups in total. The van der Waals surface area contributed by atoms with E-state index in [1.165, 1.54) is 7.05 Å². The Morgan fingerprint density at radius 3 is 2.70 bits per heavy atom. The van der Waals surface area contributed by atoms with Crippen molar-refractivity contribution in [3.8, 4) is 0 Å². The maximum absolute atomic E-state index is 11.9. The van der Waals surface area contributed by atoms with Gasteiger partial charge in [0.15, 0.2) is 0 Å². The third kappa shape index (κ3) is 2.29. The Kier molecular flexibility index (Phi) is 3.60. The van der Waals surface area contributed by atoms with Crippen LogP contribution in [0.15, 0.2) is 23.4 Å². The SMILES string of the molecule is CC(CNc1ccc2c(c1)C(=O)N(C)C2=O)C(N)=NO. The molecule has 7 nitrogen and oxygen atoms in total. The number of nitrogens with one attached hydrogen (secondary N) is 1. The summed E-state index contributed by atoms with van der Waals surface area (Å²) in [4.78, 5) is 24.7. The predicted molar refractivity (Wildman–Crippen MR) is 73.9 cm³/mol. The van der Waals surface area contributed by atoms with Crippen LogP contribution in [-0.2, 0) is 0 Å². The van der Waals surface area contributed by atoms with E-state index in [0.717, 1.165) is 4.90 Å². The van der Waals surface area contributed by atoms with Gasteiger partial charge in [0.25, 0.3) is 11.8 Å². The molecule has 0 spiro atoms. The molecule has 1 atom stereocenters. The molecule has 1 unspecified atom stereocenters. The van der Waals surface area contributed by atoms with Crippen LogP contribution in [0.25, 0.3) is 0 Å². The van der Waals surface area contributed by atoms with Crippen molar-refractivity contribution in [3.63, 3.8) is 0 Å². The van der Waals surface area contributed by atoms with E-state index < -0.39 is 0 Å². The number of benzene rings is 1. The molecule has 106 valence electrons. The zero-order valence-corrected chi connectivity index (χ0v) is 11.3. The lowest BCUT2D eigenvalue weighted by Gasteiger charge is -2.12. The molecule has 2 rings (SSSR count). The summed E-state index contributed by atoms with van der Waals surface area (Å²) in [6.45, 7) is 2.25. The van der Waals surface area contributed by atoms with Gasteiger partial charge in [-0.2, -0.15) is 0 Å². The number of amidine groups is 1. The molecule has 1 heterocycles. The summed E-state index contributed by atoms with van der Waals surface area (Å²) in [6, 6.07) is 4.98. The van der Waals surface area contributed by atoms with Gasteiger partial charge in [-0.25, -0.2) is 0 Å². The van der Waals surface area contributed by atoms with Crippen LogP contribution in [0.5, 0.6) is 0 Å². The smallest absolute Gasteiger partial charge is 0.261 e. The van der Waals surface area contributed by atoms with E-state index in [-0.39, 0.29) is 23.6 Å². The van der Waals surface area contributed by atoms with Gasteiger partial charge in [-0.15, -0.1) is 0 Å².